The van der Waals surface area contributed by atoms with Crippen molar-refractivity contribution in [3.8, 4) is 0 Å². The lowest BCUT2D eigenvalue weighted by molar-refractivity contribution is 0.385. The Balaban J connectivity index is 2.44. The van der Waals surface area contributed by atoms with E-state index in [-0.39, 0.29) is 5.41 Å². The zero-order chi connectivity index (χ0) is 14.0. The summed E-state index contributed by atoms with van der Waals surface area (Å²) in [6.07, 6.45) is 0. The van der Waals surface area contributed by atoms with Crippen molar-refractivity contribution in [2.75, 3.05) is 25.0 Å². The summed E-state index contributed by atoms with van der Waals surface area (Å²) in [5.74, 6) is 0. The molecule has 0 saturated carbocycles. The van der Waals surface area contributed by atoms with Gasteiger partial charge in [0.2, 0.25) is 0 Å². The first-order valence-corrected chi connectivity index (χ1v) is 6.70. The van der Waals surface area contributed by atoms with E-state index < -0.39 is 0 Å². The van der Waals surface area contributed by atoms with Crippen molar-refractivity contribution in [1.82, 2.24) is 4.98 Å². The van der Waals surface area contributed by atoms with Gasteiger partial charge in [0.15, 0.2) is 0 Å². The predicted molar refractivity (Wildman–Crippen MR) is 82.6 cm³/mol. The summed E-state index contributed by atoms with van der Waals surface area (Å²) >= 11 is 0. The topological polar surface area (TPSA) is 42.1 Å². The lowest BCUT2D eigenvalue weighted by Gasteiger charge is -2.31. The first-order chi connectivity index (χ1) is 8.93. The molecule has 1 heterocycles. The number of rotatable bonds is 4. The molecule has 3 heteroatoms. The van der Waals surface area contributed by atoms with E-state index in [9.17, 15) is 0 Å². The van der Waals surface area contributed by atoms with Gasteiger partial charge in [-0.25, -0.2) is 0 Å². The van der Waals surface area contributed by atoms with Gasteiger partial charge in [-0.2, -0.15) is 0 Å². The van der Waals surface area contributed by atoms with Gasteiger partial charge in [-0.1, -0.05) is 32.0 Å². The standard InChI is InChI=1S/C16H23N3/c1-12-9-15(19(4)11-16(2,3)10-17)13-7-5-6-8-14(13)18-12/h5-9H,10-11,17H2,1-4H3. The Labute approximate surface area is 115 Å². The third-order valence-corrected chi connectivity index (χ3v) is 3.45. The second-order valence-corrected chi connectivity index (χ2v) is 6.02. The fourth-order valence-electron chi connectivity index (χ4n) is 2.39. The molecule has 19 heavy (non-hydrogen) atoms. The SMILES string of the molecule is Cc1cc(N(C)CC(C)(C)CN)c2ccccc2n1. The monoisotopic (exact) mass is 257 g/mol. The Morgan fingerprint density at radius 1 is 1.26 bits per heavy atom. The van der Waals surface area contributed by atoms with E-state index in [2.05, 4.69) is 55.0 Å². The van der Waals surface area contributed by atoms with Crippen LogP contribution in [0.4, 0.5) is 5.69 Å². The molecule has 0 spiro atoms. The highest BCUT2D eigenvalue weighted by molar-refractivity contribution is 5.91. The zero-order valence-corrected chi connectivity index (χ0v) is 12.3. The highest BCUT2D eigenvalue weighted by atomic mass is 15.1. The van der Waals surface area contributed by atoms with Gasteiger partial charge < -0.3 is 10.6 Å². The van der Waals surface area contributed by atoms with E-state index in [1.165, 1.54) is 11.1 Å². The summed E-state index contributed by atoms with van der Waals surface area (Å²) in [6, 6.07) is 10.4. The molecule has 1 aromatic heterocycles. The molecule has 0 aliphatic carbocycles. The van der Waals surface area contributed by atoms with Crippen LogP contribution in [0.3, 0.4) is 0 Å². The highest BCUT2D eigenvalue weighted by Gasteiger charge is 2.19. The van der Waals surface area contributed by atoms with Crippen molar-refractivity contribution in [1.29, 1.82) is 0 Å². The Kier molecular flexibility index (Phi) is 3.76. The van der Waals surface area contributed by atoms with Crippen molar-refractivity contribution in [2.45, 2.75) is 20.8 Å². The number of nitrogens with zero attached hydrogens (tertiary/aromatic N) is 2. The minimum atomic E-state index is 0.104. The fourth-order valence-corrected chi connectivity index (χ4v) is 2.39. The van der Waals surface area contributed by atoms with Crippen LogP contribution in [0.15, 0.2) is 30.3 Å². The van der Waals surface area contributed by atoms with Crippen LogP contribution < -0.4 is 10.6 Å². The summed E-state index contributed by atoms with van der Waals surface area (Å²) < 4.78 is 0. The van der Waals surface area contributed by atoms with E-state index in [1.54, 1.807) is 0 Å². The Hall–Kier alpha value is -1.61. The van der Waals surface area contributed by atoms with Crippen LogP contribution in [0.1, 0.15) is 19.5 Å². The lowest BCUT2D eigenvalue weighted by Crippen LogP contribution is -2.36. The number of nitrogens with two attached hydrogens (primary N) is 1. The number of aromatic nitrogens is 1. The lowest BCUT2D eigenvalue weighted by atomic mass is 9.93. The second-order valence-electron chi connectivity index (χ2n) is 6.02. The average Bonchev–Trinajstić information content (AvgIpc) is 2.37. The van der Waals surface area contributed by atoms with E-state index in [0.717, 1.165) is 17.8 Å². The number of aryl methyl sites for hydroxylation is 1. The van der Waals surface area contributed by atoms with Gasteiger partial charge >= 0.3 is 0 Å². The van der Waals surface area contributed by atoms with Crippen molar-refractivity contribution >= 4 is 16.6 Å². The maximum atomic E-state index is 5.84. The van der Waals surface area contributed by atoms with E-state index >= 15 is 0 Å². The predicted octanol–water partition coefficient (Wildman–Crippen LogP) is 2.96. The molecule has 0 saturated heterocycles. The molecule has 0 radical (unpaired) electrons. The molecule has 0 fully saturated rings. The van der Waals surface area contributed by atoms with Crippen molar-refractivity contribution in [2.24, 2.45) is 11.1 Å². The van der Waals surface area contributed by atoms with E-state index in [4.69, 9.17) is 5.73 Å². The molecular formula is C16H23N3. The largest absolute Gasteiger partial charge is 0.373 e. The zero-order valence-electron chi connectivity index (χ0n) is 12.3. The van der Waals surface area contributed by atoms with Crippen LogP contribution in [0.5, 0.6) is 0 Å². The van der Waals surface area contributed by atoms with Gasteiger partial charge in [0.25, 0.3) is 0 Å². The van der Waals surface area contributed by atoms with Gasteiger partial charge in [0.05, 0.1) is 5.52 Å². The minimum Gasteiger partial charge on any atom is -0.373 e. The summed E-state index contributed by atoms with van der Waals surface area (Å²) in [4.78, 5) is 6.87. The van der Waals surface area contributed by atoms with Gasteiger partial charge in [0.1, 0.15) is 0 Å². The Morgan fingerprint density at radius 2 is 1.95 bits per heavy atom. The molecule has 2 aromatic rings. The molecule has 2 N–H and O–H groups in total. The van der Waals surface area contributed by atoms with E-state index in [1.807, 2.05) is 13.0 Å². The quantitative estimate of drug-likeness (QED) is 0.915. The number of para-hydroxylation sites is 1. The molecule has 1 aromatic carbocycles. The Bertz CT molecular complexity index is 575. The molecule has 0 bridgehead atoms. The molecule has 3 nitrogen and oxygen atoms in total. The Morgan fingerprint density at radius 3 is 2.63 bits per heavy atom. The number of hydrogen-bond donors (Lipinski definition) is 1. The molecule has 102 valence electrons. The average molecular weight is 257 g/mol. The van der Waals surface area contributed by atoms with Crippen molar-refractivity contribution in [3.05, 3.63) is 36.0 Å². The highest BCUT2D eigenvalue weighted by Crippen LogP contribution is 2.28. The molecule has 0 aliphatic heterocycles. The first-order valence-electron chi connectivity index (χ1n) is 6.70. The van der Waals surface area contributed by atoms with Crippen LogP contribution in [0.25, 0.3) is 10.9 Å². The third-order valence-electron chi connectivity index (χ3n) is 3.45. The van der Waals surface area contributed by atoms with E-state index in [0.29, 0.717) is 6.54 Å². The van der Waals surface area contributed by atoms with Gasteiger partial charge in [-0.3, -0.25) is 4.98 Å². The number of benzene rings is 1. The number of fused-ring (bicyclic) bond motifs is 1. The molecule has 0 aliphatic rings. The third kappa shape index (κ3) is 3.04. The van der Waals surface area contributed by atoms with Crippen LogP contribution >= 0.6 is 0 Å². The first kappa shape index (κ1) is 13.8. The second kappa shape index (κ2) is 5.17. The van der Waals surface area contributed by atoms with Crippen LogP contribution in [-0.2, 0) is 0 Å². The molecular weight excluding hydrogens is 234 g/mol. The van der Waals surface area contributed by atoms with Crippen molar-refractivity contribution < 1.29 is 0 Å². The molecule has 2 rings (SSSR count). The normalized spacial score (nSPS) is 11.8. The number of hydrogen-bond acceptors (Lipinski definition) is 3. The van der Waals surface area contributed by atoms with Crippen LogP contribution in [0.2, 0.25) is 0 Å². The maximum Gasteiger partial charge on any atom is 0.0726 e. The van der Waals surface area contributed by atoms with Gasteiger partial charge in [-0.05, 0) is 31.0 Å². The van der Waals surface area contributed by atoms with Crippen molar-refractivity contribution in [3.63, 3.8) is 0 Å². The van der Waals surface area contributed by atoms with Gasteiger partial charge in [-0.15, -0.1) is 0 Å². The molecule has 0 atom stereocenters. The number of anilines is 1. The minimum absolute atomic E-state index is 0.104. The van der Waals surface area contributed by atoms with Crippen LogP contribution in [-0.4, -0.2) is 25.1 Å². The smallest absolute Gasteiger partial charge is 0.0726 e. The fraction of sp³-hybridized carbons (Fsp3) is 0.438. The summed E-state index contributed by atoms with van der Waals surface area (Å²) in [5.41, 5.74) is 9.27. The summed E-state index contributed by atoms with van der Waals surface area (Å²) in [7, 11) is 2.12. The molecule has 0 amide bonds. The molecule has 0 unspecified atom stereocenters. The summed E-state index contributed by atoms with van der Waals surface area (Å²) in [5, 5.41) is 1.20. The maximum absolute atomic E-state index is 5.84. The van der Waals surface area contributed by atoms with Crippen LogP contribution in [0, 0.1) is 12.3 Å². The number of pyridine rings is 1. The summed E-state index contributed by atoms with van der Waals surface area (Å²) in [6.45, 7) is 8.04. The van der Waals surface area contributed by atoms with Gasteiger partial charge in [0, 0.05) is 30.4 Å².